The lowest BCUT2D eigenvalue weighted by Crippen LogP contribution is -2.23. The van der Waals surface area contributed by atoms with E-state index in [1.165, 1.54) is 0 Å². The number of hydrogen-bond donors (Lipinski definition) is 1. The van der Waals surface area contributed by atoms with E-state index in [4.69, 9.17) is 27.3 Å². The fraction of sp³-hybridized carbons (Fsp3) is 0.429. The maximum atomic E-state index is 10.6. The molecule has 0 bridgehead atoms. The van der Waals surface area contributed by atoms with Crippen LogP contribution in [-0.2, 0) is 0 Å². The van der Waals surface area contributed by atoms with Crippen LogP contribution in [0.1, 0.15) is 43.9 Å². The first-order chi connectivity index (χ1) is 13.4. The fourth-order valence-electron chi connectivity index (χ4n) is 1.10. The van der Waals surface area contributed by atoms with E-state index >= 15 is 0 Å². The highest BCUT2D eigenvalue weighted by atomic mass is 16.7. The first kappa shape index (κ1) is 3.75. The summed E-state index contributed by atoms with van der Waals surface area (Å²) in [6, 6.07) is -2.84. The second-order valence-corrected chi connectivity index (χ2v) is 3.38. The normalized spacial score (nSPS) is 30.4. The molecule has 1 N–H and O–H groups in total. The van der Waals surface area contributed by atoms with Crippen LogP contribution in [-0.4, -0.2) is 18.0 Å². The Hall–Kier alpha value is -1.48. The lowest BCUT2D eigenvalue weighted by Gasteiger charge is -2.22. The minimum atomic E-state index is -3.74. The summed E-state index contributed by atoms with van der Waals surface area (Å²) < 4.78 is 110. The number of fused-ring (bicyclic) bond motifs is 1. The van der Waals surface area contributed by atoms with Gasteiger partial charge in [-0.2, -0.15) is 0 Å². The summed E-state index contributed by atoms with van der Waals surface area (Å²) in [5.41, 5.74) is -4.19. The molecule has 0 saturated carbocycles. The van der Waals surface area contributed by atoms with Crippen molar-refractivity contribution in [3.05, 3.63) is 29.7 Å². The maximum Gasteiger partial charge on any atom is 0.231 e. The minimum absolute atomic E-state index is 0.184. The predicted octanol–water partition coefficient (Wildman–Crippen LogP) is 2.84. The first-order valence-corrected chi connectivity index (χ1v) is 4.65. The second kappa shape index (κ2) is 4.41. The molecule has 1 aliphatic rings. The van der Waals surface area contributed by atoms with Gasteiger partial charge in [-0.3, -0.25) is 0 Å². The lowest BCUT2D eigenvalue weighted by molar-refractivity contribution is 0.106. The molecular weight excluding hydrogens is 216 g/mol. The Labute approximate surface area is 120 Å². The minimum Gasteiger partial charge on any atom is -0.454 e. The van der Waals surface area contributed by atoms with E-state index in [0.717, 1.165) is 0 Å². The smallest absolute Gasteiger partial charge is 0.231 e. The summed E-state index contributed by atoms with van der Waals surface area (Å²) in [5, 5.41) is 10.6. The fourth-order valence-corrected chi connectivity index (χ4v) is 1.10. The standard InChI is InChI=1S/C14H18O3/c1-14(2,3)13(15)7-5-10-4-6-11-12(8-10)17-9-16-11/h4-8,13,15H,9H2,1-3H3/b7-5+/i1D3,2D3,3D3,4D,6D,7D,8D. The van der Waals surface area contributed by atoms with Gasteiger partial charge >= 0.3 is 0 Å². The van der Waals surface area contributed by atoms with Gasteiger partial charge in [0.2, 0.25) is 6.79 Å². The zero-order valence-corrected chi connectivity index (χ0v) is 8.63. The summed E-state index contributed by atoms with van der Waals surface area (Å²) in [4.78, 5) is 0. The van der Waals surface area contributed by atoms with Crippen molar-refractivity contribution in [2.45, 2.75) is 26.7 Å². The zero-order valence-electron chi connectivity index (χ0n) is 21.6. The molecule has 1 aliphatic heterocycles. The highest BCUT2D eigenvalue weighted by Gasteiger charge is 2.19. The zero-order chi connectivity index (χ0) is 23.4. The van der Waals surface area contributed by atoms with Crippen molar-refractivity contribution in [2.24, 2.45) is 5.41 Å². The molecule has 0 amide bonds. The van der Waals surface area contributed by atoms with E-state index in [2.05, 4.69) is 0 Å². The SMILES string of the molecule is [2H]/C(=C\c1c([2H])c([2H])c2c(c1[2H])OCO2)C(O)C(C([2H])([2H])[2H])(C([2H])([2H])[2H])C([2H])([2H])[2H]. The molecule has 2 rings (SSSR count). The summed E-state index contributed by atoms with van der Waals surface area (Å²) >= 11 is 0. The van der Waals surface area contributed by atoms with Gasteiger partial charge in [0.25, 0.3) is 0 Å². The Kier molecular flexibility index (Phi) is 0.975. The van der Waals surface area contributed by atoms with Gasteiger partial charge in [0.1, 0.15) is 0 Å². The maximum absolute atomic E-state index is 10.6. The Bertz CT molecular complexity index is 830. The lowest BCUT2D eigenvalue weighted by atomic mass is 9.89. The third-order valence-electron chi connectivity index (χ3n) is 1.97. The molecule has 17 heavy (non-hydrogen) atoms. The number of hydrogen-bond acceptors (Lipinski definition) is 3. The Morgan fingerprint density at radius 3 is 3.00 bits per heavy atom. The van der Waals surface area contributed by atoms with E-state index in [0.29, 0.717) is 6.08 Å². The molecule has 0 fully saturated rings. The van der Waals surface area contributed by atoms with Crippen molar-refractivity contribution in [1.82, 2.24) is 0 Å². The molecule has 3 nitrogen and oxygen atoms in total. The van der Waals surface area contributed by atoms with Gasteiger partial charge in [-0.15, -0.1) is 0 Å². The van der Waals surface area contributed by atoms with Crippen LogP contribution in [0.5, 0.6) is 11.5 Å². The van der Waals surface area contributed by atoms with Crippen molar-refractivity contribution in [1.29, 1.82) is 0 Å². The number of ether oxygens (including phenoxy) is 2. The van der Waals surface area contributed by atoms with Gasteiger partial charge in [0.15, 0.2) is 11.5 Å². The van der Waals surface area contributed by atoms with Gasteiger partial charge in [-0.25, -0.2) is 0 Å². The molecule has 1 heterocycles. The molecule has 1 aromatic rings. The van der Waals surface area contributed by atoms with Crippen molar-refractivity contribution >= 4 is 6.08 Å². The quantitative estimate of drug-likeness (QED) is 0.873. The van der Waals surface area contributed by atoms with Crippen LogP contribution in [0.3, 0.4) is 0 Å². The average Bonchev–Trinajstić information content (AvgIpc) is 3.02. The van der Waals surface area contributed by atoms with Crippen LogP contribution >= 0.6 is 0 Å². The third kappa shape index (κ3) is 2.80. The number of aliphatic hydroxyl groups is 1. The van der Waals surface area contributed by atoms with Gasteiger partial charge in [0.05, 0.1) is 11.6 Å². The van der Waals surface area contributed by atoms with Crippen LogP contribution in [0.4, 0.5) is 0 Å². The van der Waals surface area contributed by atoms with Crippen LogP contribution in [0, 0.1) is 5.41 Å². The van der Waals surface area contributed by atoms with Crippen LogP contribution in [0.15, 0.2) is 24.2 Å². The predicted molar refractivity (Wildman–Crippen MR) is 67.1 cm³/mol. The molecule has 0 saturated heterocycles. The van der Waals surface area contributed by atoms with Gasteiger partial charge in [-0.1, -0.05) is 38.7 Å². The summed E-state index contributed by atoms with van der Waals surface area (Å²) in [7, 11) is 0. The summed E-state index contributed by atoms with van der Waals surface area (Å²) in [5.74, 6) is -0.408. The van der Waals surface area contributed by atoms with Crippen LogP contribution in [0.25, 0.3) is 6.08 Å². The topological polar surface area (TPSA) is 38.7 Å². The molecule has 3 heteroatoms. The van der Waals surface area contributed by atoms with Gasteiger partial charge < -0.3 is 14.6 Å². The van der Waals surface area contributed by atoms with E-state index in [1.807, 2.05) is 0 Å². The number of benzene rings is 1. The largest absolute Gasteiger partial charge is 0.454 e. The van der Waals surface area contributed by atoms with Crippen molar-refractivity contribution in [2.75, 3.05) is 6.79 Å². The van der Waals surface area contributed by atoms with Crippen LogP contribution < -0.4 is 9.47 Å². The number of rotatable bonds is 2. The molecule has 92 valence electrons. The molecule has 0 spiro atoms. The monoisotopic (exact) mass is 247 g/mol. The Balaban J connectivity index is 2.74. The molecule has 1 unspecified atom stereocenters. The van der Waals surface area contributed by atoms with E-state index in [1.54, 1.807) is 0 Å². The highest BCUT2D eigenvalue weighted by Crippen LogP contribution is 2.33. The third-order valence-corrected chi connectivity index (χ3v) is 1.97. The molecule has 0 aromatic heterocycles. The van der Waals surface area contributed by atoms with Gasteiger partial charge in [-0.05, 0) is 23.1 Å². The Morgan fingerprint density at radius 1 is 1.47 bits per heavy atom. The van der Waals surface area contributed by atoms with E-state index in [9.17, 15) is 5.11 Å². The summed E-state index contributed by atoms with van der Waals surface area (Å²) in [6.07, 6.45) is -2.25. The van der Waals surface area contributed by atoms with Crippen LogP contribution in [0.2, 0.25) is 0 Å². The average molecular weight is 247 g/mol. The summed E-state index contributed by atoms with van der Waals surface area (Å²) in [6.45, 7) is -11.6. The van der Waals surface area contributed by atoms with Crippen molar-refractivity contribution in [3.8, 4) is 11.5 Å². The second-order valence-electron chi connectivity index (χ2n) is 3.38. The van der Waals surface area contributed by atoms with E-state index in [-0.39, 0.29) is 18.3 Å². The highest BCUT2D eigenvalue weighted by molar-refractivity contribution is 5.56. The van der Waals surface area contributed by atoms with Crippen molar-refractivity contribution < 1.29 is 32.4 Å². The molecular formula is C14H18O3. The molecule has 0 radical (unpaired) electrons. The van der Waals surface area contributed by atoms with E-state index < -0.39 is 61.8 Å². The molecule has 1 atom stereocenters. The van der Waals surface area contributed by atoms with Gasteiger partial charge in [0, 0.05) is 12.3 Å². The first-order valence-electron chi connectivity index (χ1n) is 11.1. The number of aliphatic hydroxyl groups excluding tert-OH is 1. The van der Waals surface area contributed by atoms with Crippen molar-refractivity contribution in [3.63, 3.8) is 0 Å². The molecule has 1 aromatic carbocycles. The Morgan fingerprint density at radius 2 is 2.24 bits per heavy atom. The molecule has 0 aliphatic carbocycles.